The molecule has 8 nitrogen and oxygen atoms in total. The van der Waals surface area contributed by atoms with Gasteiger partial charge in [-0.15, -0.1) is 0 Å². The average Bonchev–Trinajstić information content (AvgIpc) is 3.13. The minimum Gasteiger partial charge on any atom is -0.497 e. The lowest BCUT2D eigenvalue weighted by Crippen LogP contribution is -2.14. The zero-order chi connectivity index (χ0) is 22.4. The Labute approximate surface area is 192 Å². The summed E-state index contributed by atoms with van der Waals surface area (Å²) in [6.45, 7) is 1.99. The zero-order valence-corrected chi connectivity index (χ0v) is 19.3. The number of cyclic esters (lactones) is 1. The van der Waals surface area contributed by atoms with Crippen LogP contribution in [0.3, 0.4) is 0 Å². The molecule has 2 aromatic carbocycles. The maximum Gasteiger partial charge on any atom is 0.363 e. The molecule has 0 N–H and O–H groups in total. The summed E-state index contributed by atoms with van der Waals surface area (Å²) in [4.78, 5) is 28.0. The van der Waals surface area contributed by atoms with Gasteiger partial charge in [0.1, 0.15) is 5.75 Å². The van der Waals surface area contributed by atoms with Crippen LogP contribution >= 0.6 is 22.6 Å². The highest BCUT2D eigenvalue weighted by molar-refractivity contribution is 14.1. The summed E-state index contributed by atoms with van der Waals surface area (Å²) in [5.74, 6) is 0.722. The molecule has 1 aliphatic rings. The quantitative estimate of drug-likeness (QED) is 0.289. The SMILES string of the molecule is CCOc1cc(/C=C2\N=C(c3ccc(OC)cc3)OC2=O)cc(I)c1OCC(=O)OC. The van der Waals surface area contributed by atoms with Crippen molar-refractivity contribution in [2.24, 2.45) is 4.99 Å². The normalized spacial score (nSPS) is 14.1. The number of esters is 2. The molecule has 3 rings (SSSR count). The molecule has 2 aromatic rings. The fourth-order valence-electron chi connectivity index (χ4n) is 2.69. The molecule has 162 valence electrons. The highest BCUT2D eigenvalue weighted by atomic mass is 127. The molecule has 0 aromatic heterocycles. The van der Waals surface area contributed by atoms with Crippen LogP contribution in [-0.4, -0.2) is 45.3 Å². The molecule has 9 heteroatoms. The van der Waals surface area contributed by atoms with Gasteiger partial charge in [-0.3, -0.25) is 0 Å². The van der Waals surface area contributed by atoms with Crippen molar-refractivity contribution < 1.29 is 33.3 Å². The molecule has 1 heterocycles. The molecule has 31 heavy (non-hydrogen) atoms. The standard InChI is InChI=1S/C22H20INO7/c1-4-29-18-11-13(9-16(23)20(18)30-12-19(25)28-3)10-17-22(26)31-21(24-17)14-5-7-15(27-2)8-6-14/h5-11H,4,12H2,1-3H3/b17-10-. The number of hydrogen-bond donors (Lipinski definition) is 0. The third kappa shape index (κ3) is 5.54. The number of carbonyl (C=O) groups excluding carboxylic acids is 2. The Kier molecular flexibility index (Phi) is 7.50. The lowest BCUT2D eigenvalue weighted by Gasteiger charge is -2.14. The molecule has 0 aliphatic carbocycles. The van der Waals surface area contributed by atoms with E-state index < -0.39 is 11.9 Å². The number of hydrogen-bond acceptors (Lipinski definition) is 8. The fraction of sp³-hybridized carbons (Fsp3) is 0.227. The zero-order valence-electron chi connectivity index (χ0n) is 17.1. The first-order chi connectivity index (χ1) is 14.9. The van der Waals surface area contributed by atoms with E-state index in [-0.39, 0.29) is 18.2 Å². The van der Waals surface area contributed by atoms with E-state index in [2.05, 4.69) is 32.3 Å². The summed E-state index contributed by atoms with van der Waals surface area (Å²) in [6, 6.07) is 10.5. The van der Waals surface area contributed by atoms with E-state index in [0.29, 0.717) is 38.6 Å². The molecular formula is C22H20INO7. The number of rotatable bonds is 8. The molecule has 0 unspecified atom stereocenters. The van der Waals surface area contributed by atoms with Gasteiger partial charge in [0, 0.05) is 5.56 Å². The first kappa shape index (κ1) is 22.6. The van der Waals surface area contributed by atoms with E-state index >= 15 is 0 Å². The van der Waals surface area contributed by atoms with Crippen molar-refractivity contribution in [2.45, 2.75) is 6.92 Å². The molecular weight excluding hydrogens is 517 g/mol. The molecule has 0 spiro atoms. The Morgan fingerprint density at radius 2 is 1.90 bits per heavy atom. The molecule has 0 saturated carbocycles. The minimum atomic E-state index is -0.551. The van der Waals surface area contributed by atoms with Crippen LogP contribution in [0.2, 0.25) is 0 Å². The van der Waals surface area contributed by atoms with Crippen molar-refractivity contribution in [1.29, 1.82) is 0 Å². The highest BCUT2D eigenvalue weighted by Crippen LogP contribution is 2.35. The molecule has 0 fully saturated rings. The predicted molar refractivity (Wildman–Crippen MR) is 121 cm³/mol. The van der Waals surface area contributed by atoms with Crippen molar-refractivity contribution in [3.63, 3.8) is 0 Å². The van der Waals surface area contributed by atoms with Gasteiger partial charge in [-0.2, -0.15) is 0 Å². The van der Waals surface area contributed by atoms with E-state index in [4.69, 9.17) is 18.9 Å². The molecule has 0 bridgehead atoms. The summed E-state index contributed by atoms with van der Waals surface area (Å²) in [7, 11) is 2.86. The van der Waals surface area contributed by atoms with E-state index in [1.165, 1.54) is 7.11 Å². The Hall–Kier alpha value is -3.08. The number of aliphatic imine (C=N–C) groups is 1. The lowest BCUT2D eigenvalue weighted by atomic mass is 10.1. The average molecular weight is 537 g/mol. The van der Waals surface area contributed by atoms with Crippen molar-refractivity contribution in [2.75, 3.05) is 27.4 Å². The topological polar surface area (TPSA) is 92.6 Å². The second kappa shape index (κ2) is 10.3. The van der Waals surface area contributed by atoms with Gasteiger partial charge in [0.15, 0.2) is 23.8 Å². The van der Waals surface area contributed by atoms with E-state index in [9.17, 15) is 9.59 Å². The number of ether oxygens (including phenoxy) is 5. The van der Waals surface area contributed by atoms with Crippen LogP contribution in [0.4, 0.5) is 0 Å². The summed E-state index contributed by atoms with van der Waals surface area (Å²) in [5, 5.41) is 0. The summed E-state index contributed by atoms with van der Waals surface area (Å²) in [6.07, 6.45) is 1.60. The van der Waals surface area contributed by atoms with Crippen molar-refractivity contribution in [3.05, 3.63) is 56.8 Å². The number of benzene rings is 2. The predicted octanol–water partition coefficient (Wildman–Crippen LogP) is 3.59. The second-order valence-electron chi connectivity index (χ2n) is 6.19. The Morgan fingerprint density at radius 3 is 2.55 bits per heavy atom. The third-order valence-corrected chi connectivity index (χ3v) is 4.96. The molecule has 1 aliphatic heterocycles. The first-order valence-electron chi connectivity index (χ1n) is 9.28. The lowest BCUT2D eigenvalue weighted by molar-refractivity contribution is -0.143. The monoisotopic (exact) mass is 537 g/mol. The maximum absolute atomic E-state index is 12.3. The van der Waals surface area contributed by atoms with Crippen LogP contribution in [0.1, 0.15) is 18.1 Å². The van der Waals surface area contributed by atoms with Crippen molar-refractivity contribution in [1.82, 2.24) is 0 Å². The van der Waals surface area contributed by atoms with Crippen LogP contribution in [0.25, 0.3) is 6.08 Å². The Morgan fingerprint density at radius 1 is 1.16 bits per heavy atom. The summed E-state index contributed by atoms with van der Waals surface area (Å²) in [5.41, 5.74) is 1.49. The molecule has 0 saturated heterocycles. The number of nitrogens with zero attached hydrogens (tertiary/aromatic N) is 1. The van der Waals surface area contributed by atoms with Crippen LogP contribution < -0.4 is 14.2 Å². The van der Waals surface area contributed by atoms with Gasteiger partial charge >= 0.3 is 11.9 Å². The van der Waals surface area contributed by atoms with Crippen molar-refractivity contribution in [3.8, 4) is 17.2 Å². The maximum atomic E-state index is 12.3. The van der Waals surface area contributed by atoms with E-state index in [1.54, 1.807) is 49.6 Å². The summed E-state index contributed by atoms with van der Waals surface area (Å²) < 4.78 is 27.0. The van der Waals surface area contributed by atoms with Crippen LogP contribution in [0.15, 0.2) is 47.1 Å². The minimum absolute atomic E-state index is 0.160. The van der Waals surface area contributed by atoms with Gasteiger partial charge in [0.05, 0.1) is 24.4 Å². The van der Waals surface area contributed by atoms with Gasteiger partial charge in [-0.25, -0.2) is 14.6 Å². The van der Waals surface area contributed by atoms with Gasteiger partial charge in [-0.05, 0) is 77.6 Å². The third-order valence-electron chi connectivity index (χ3n) is 4.15. The largest absolute Gasteiger partial charge is 0.497 e. The Balaban J connectivity index is 1.89. The molecule has 0 amide bonds. The second-order valence-corrected chi connectivity index (χ2v) is 7.35. The fourth-order valence-corrected chi connectivity index (χ4v) is 3.47. The van der Waals surface area contributed by atoms with Gasteiger partial charge in [-0.1, -0.05) is 0 Å². The molecule has 0 radical (unpaired) electrons. The smallest absolute Gasteiger partial charge is 0.363 e. The number of methoxy groups -OCH3 is 2. The molecule has 0 atom stereocenters. The van der Waals surface area contributed by atoms with Crippen LogP contribution in [0.5, 0.6) is 17.2 Å². The van der Waals surface area contributed by atoms with E-state index in [1.807, 2.05) is 6.92 Å². The highest BCUT2D eigenvalue weighted by Gasteiger charge is 2.24. The van der Waals surface area contributed by atoms with Gasteiger partial charge < -0.3 is 23.7 Å². The number of halogens is 1. The van der Waals surface area contributed by atoms with Gasteiger partial charge in [0.2, 0.25) is 5.90 Å². The van der Waals surface area contributed by atoms with Crippen LogP contribution in [0, 0.1) is 3.57 Å². The summed E-state index contributed by atoms with van der Waals surface area (Å²) >= 11 is 2.07. The van der Waals surface area contributed by atoms with Gasteiger partial charge in [0.25, 0.3) is 0 Å². The Bertz CT molecular complexity index is 1040. The van der Waals surface area contributed by atoms with E-state index in [0.717, 1.165) is 0 Å². The first-order valence-corrected chi connectivity index (χ1v) is 10.4. The van der Waals surface area contributed by atoms with Crippen molar-refractivity contribution >= 4 is 46.5 Å². The van der Waals surface area contributed by atoms with Crippen LogP contribution in [-0.2, 0) is 19.1 Å². The number of carbonyl (C=O) groups is 2.